The van der Waals surface area contributed by atoms with E-state index in [1.54, 1.807) is 0 Å². The highest BCUT2D eigenvalue weighted by Gasteiger charge is 2.40. The number of ether oxygens (including phenoxy) is 1. The SMILES string of the molecule is CC(C)N1CCOC2c3ccccc3CC21. The number of hydrogen-bond donors (Lipinski definition) is 0. The number of hydrogen-bond acceptors (Lipinski definition) is 2. The molecular weight excluding hydrogens is 198 g/mol. The third kappa shape index (κ3) is 1.48. The lowest BCUT2D eigenvalue weighted by Gasteiger charge is -2.40. The van der Waals surface area contributed by atoms with Gasteiger partial charge in [0.15, 0.2) is 0 Å². The van der Waals surface area contributed by atoms with Crippen LogP contribution in [0.25, 0.3) is 0 Å². The van der Waals surface area contributed by atoms with E-state index in [2.05, 4.69) is 43.0 Å². The van der Waals surface area contributed by atoms with Crippen molar-refractivity contribution in [3.63, 3.8) is 0 Å². The molecule has 1 saturated heterocycles. The van der Waals surface area contributed by atoms with Crippen LogP contribution in [-0.2, 0) is 11.2 Å². The molecule has 0 bridgehead atoms. The van der Waals surface area contributed by atoms with Crippen LogP contribution in [0.1, 0.15) is 31.1 Å². The minimum atomic E-state index is 0.312. The molecular formula is C14H19NO. The average molecular weight is 217 g/mol. The van der Waals surface area contributed by atoms with Gasteiger partial charge in [-0.25, -0.2) is 0 Å². The highest BCUT2D eigenvalue weighted by Crippen LogP contribution is 2.39. The first kappa shape index (κ1) is 10.3. The molecule has 1 aromatic rings. The van der Waals surface area contributed by atoms with Crippen LogP contribution >= 0.6 is 0 Å². The third-order valence-corrected chi connectivity index (χ3v) is 3.88. The van der Waals surface area contributed by atoms with Gasteiger partial charge in [-0.3, -0.25) is 4.90 Å². The molecule has 0 amide bonds. The second-order valence-corrected chi connectivity index (χ2v) is 5.09. The molecule has 0 N–H and O–H groups in total. The predicted octanol–water partition coefficient (Wildman–Crippen LogP) is 2.39. The Bertz CT molecular complexity index is 388. The van der Waals surface area contributed by atoms with Crippen molar-refractivity contribution in [2.45, 2.75) is 38.5 Å². The van der Waals surface area contributed by atoms with Crippen LogP contribution in [0.15, 0.2) is 24.3 Å². The Morgan fingerprint density at radius 3 is 2.94 bits per heavy atom. The lowest BCUT2D eigenvalue weighted by molar-refractivity contribution is -0.0754. The van der Waals surface area contributed by atoms with Gasteiger partial charge in [-0.2, -0.15) is 0 Å². The van der Waals surface area contributed by atoms with Crippen molar-refractivity contribution in [2.24, 2.45) is 0 Å². The van der Waals surface area contributed by atoms with E-state index in [0.717, 1.165) is 19.6 Å². The van der Waals surface area contributed by atoms with Crippen LogP contribution in [0.2, 0.25) is 0 Å². The van der Waals surface area contributed by atoms with Crippen molar-refractivity contribution in [1.82, 2.24) is 4.90 Å². The molecule has 2 nitrogen and oxygen atoms in total. The number of benzene rings is 1. The standard InChI is InChI=1S/C14H19NO/c1-10(2)15-7-8-16-14-12-6-4-3-5-11(12)9-13(14)15/h3-6,10,13-14H,7-9H2,1-2H3. The summed E-state index contributed by atoms with van der Waals surface area (Å²) >= 11 is 0. The molecule has 0 aromatic heterocycles. The zero-order chi connectivity index (χ0) is 11.1. The van der Waals surface area contributed by atoms with Gasteiger partial charge in [-0.15, -0.1) is 0 Å². The van der Waals surface area contributed by atoms with Crippen LogP contribution in [0, 0.1) is 0 Å². The highest BCUT2D eigenvalue weighted by atomic mass is 16.5. The Morgan fingerprint density at radius 2 is 2.12 bits per heavy atom. The second-order valence-electron chi connectivity index (χ2n) is 5.09. The van der Waals surface area contributed by atoms with Gasteiger partial charge >= 0.3 is 0 Å². The van der Waals surface area contributed by atoms with Crippen LogP contribution in [0.5, 0.6) is 0 Å². The fraction of sp³-hybridized carbons (Fsp3) is 0.571. The molecule has 1 aliphatic heterocycles. The van der Waals surface area contributed by atoms with Crippen molar-refractivity contribution in [3.8, 4) is 0 Å². The Balaban J connectivity index is 1.93. The second kappa shape index (κ2) is 3.86. The van der Waals surface area contributed by atoms with E-state index in [1.807, 2.05) is 0 Å². The molecule has 0 spiro atoms. The first-order valence-electron chi connectivity index (χ1n) is 6.22. The molecule has 1 aliphatic carbocycles. The van der Waals surface area contributed by atoms with Gasteiger partial charge in [0.25, 0.3) is 0 Å². The lowest BCUT2D eigenvalue weighted by Crippen LogP contribution is -2.49. The topological polar surface area (TPSA) is 12.5 Å². The van der Waals surface area contributed by atoms with E-state index in [9.17, 15) is 0 Å². The van der Waals surface area contributed by atoms with Crippen LogP contribution in [0.4, 0.5) is 0 Å². The van der Waals surface area contributed by atoms with Crippen LogP contribution in [-0.4, -0.2) is 30.1 Å². The molecule has 2 heteroatoms. The van der Waals surface area contributed by atoms with Gasteiger partial charge in [0.2, 0.25) is 0 Å². The lowest BCUT2D eigenvalue weighted by atomic mass is 10.1. The van der Waals surface area contributed by atoms with E-state index in [-0.39, 0.29) is 0 Å². The quantitative estimate of drug-likeness (QED) is 0.716. The number of morpholine rings is 1. The third-order valence-electron chi connectivity index (χ3n) is 3.88. The number of nitrogens with zero attached hydrogens (tertiary/aromatic N) is 1. The maximum atomic E-state index is 5.97. The Hall–Kier alpha value is -0.860. The summed E-state index contributed by atoms with van der Waals surface area (Å²) < 4.78 is 5.97. The van der Waals surface area contributed by atoms with E-state index in [4.69, 9.17) is 4.74 Å². The molecule has 1 aromatic carbocycles. The number of fused-ring (bicyclic) bond motifs is 3. The van der Waals surface area contributed by atoms with Crippen molar-refractivity contribution in [1.29, 1.82) is 0 Å². The minimum absolute atomic E-state index is 0.312. The molecule has 2 aliphatic rings. The molecule has 1 fully saturated rings. The van der Waals surface area contributed by atoms with E-state index in [0.29, 0.717) is 18.2 Å². The fourth-order valence-electron chi connectivity index (χ4n) is 3.12. The van der Waals surface area contributed by atoms with Gasteiger partial charge in [-0.1, -0.05) is 24.3 Å². The summed E-state index contributed by atoms with van der Waals surface area (Å²) in [7, 11) is 0. The molecule has 1 heterocycles. The molecule has 86 valence electrons. The maximum absolute atomic E-state index is 5.97. The monoisotopic (exact) mass is 217 g/mol. The molecule has 0 saturated carbocycles. The van der Waals surface area contributed by atoms with Gasteiger partial charge in [0, 0.05) is 18.6 Å². The van der Waals surface area contributed by atoms with E-state index >= 15 is 0 Å². The molecule has 0 radical (unpaired) electrons. The average Bonchev–Trinajstić information content (AvgIpc) is 2.67. The highest BCUT2D eigenvalue weighted by molar-refractivity contribution is 5.36. The van der Waals surface area contributed by atoms with Gasteiger partial charge in [-0.05, 0) is 31.4 Å². The van der Waals surface area contributed by atoms with E-state index < -0.39 is 0 Å². The Kier molecular flexibility index (Phi) is 2.49. The van der Waals surface area contributed by atoms with Crippen molar-refractivity contribution in [3.05, 3.63) is 35.4 Å². The normalized spacial score (nSPS) is 29.2. The largest absolute Gasteiger partial charge is 0.371 e. The first-order valence-corrected chi connectivity index (χ1v) is 6.22. The summed E-state index contributed by atoms with van der Waals surface area (Å²) in [6.07, 6.45) is 1.46. The van der Waals surface area contributed by atoms with Gasteiger partial charge < -0.3 is 4.74 Å². The van der Waals surface area contributed by atoms with Crippen LogP contribution < -0.4 is 0 Å². The summed E-state index contributed by atoms with van der Waals surface area (Å²) in [6, 6.07) is 9.91. The molecule has 16 heavy (non-hydrogen) atoms. The Morgan fingerprint density at radius 1 is 1.31 bits per heavy atom. The molecule has 3 rings (SSSR count). The zero-order valence-corrected chi connectivity index (χ0v) is 10.0. The maximum Gasteiger partial charge on any atom is 0.0986 e. The summed E-state index contributed by atoms with van der Waals surface area (Å²) in [6.45, 7) is 6.51. The van der Waals surface area contributed by atoms with Crippen molar-refractivity contribution < 1.29 is 4.74 Å². The van der Waals surface area contributed by atoms with Crippen molar-refractivity contribution in [2.75, 3.05) is 13.2 Å². The fourth-order valence-corrected chi connectivity index (χ4v) is 3.12. The molecule has 2 unspecified atom stereocenters. The first-order chi connectivity index (χ1) is 7.77. The minimum Gasteiger partial charge on any atom is -0.371 e. The van der Waals surface area contributed by atoms with Gasteiger partial charge in [0.05, 0.1) is 12.7 Å². The van der Waals surface area contributed by atoms with Crippen molar-refractivity contribution >= 4 is 0 Å². The zero-order valence-electron chi connectivity index (χ0n) is 10.0. The van der Waals surface area contributed by atoms with Gasteiger partial charge in [0.1, 0.15) is 0 Å². The number of rotatable bonds is 1. The Labute approximate surface area is 97.2 Å². The summed E-state index contributed by atoms with van der Waals surface area (Å²) in [5.74, 6) is 0. The molecule has 2 atom stereocenters. The van der Waals surface area contributed by atoms with E-state index in [1.165, 1.54) is 11.1 Å². The predicted molar refractivity (Wildman–Crippen MR) is 64.5 cm³/mol. The summed E-state index contributed by atoms with van der Waals surface area (Å²) in [5, 5.41) is 0. The smallest absolute Gasteiger partial charge is 0.0986 e. The summed E-state index contributed by atoms with van der Waals surface area (Å²) in [4.78, 5) is 2.59. The van der Waals surface area contributed by atoms with Crippen LogP contribution in [0.3, 0.4) is 0 Å². The summed E-state index contributed by atoms with van der Waals surface area (Å²) in [5.41, 5.74) is 2.89.